The van der Waals surface area contributed by atoms with E-state index in [2.05, 4.69) is 12.2 Å². The molecule has 1 N–H and O–H groups in total. The van der Waals surface area contributed by atoms with Crippen molar-refractivity contribution in [2.75, 3.05) is 45.9 Å². The number of piperidine rings is 2. The number of hydrogen-bond donors (Lipinski definition) is 1. The van der Waals surface area contributed by atoms with Crippen molar-refractivity contribution >= 4 is 11.8 Å². The molecule has 1 atom stereocenters. The number of morpholine rings is 1. The smallest absolute Gasteiger partial charge is 0.224 e. The second kappa shape index (κ2) is 7.18. The third kappa shape index (κ3) is 3.86. The van der Waals surface area contributed by atoms with Gasteiger partial charge in [0.2, 0.25) is 11.8 Å². The lowest BCUT2D eigenvalue weighted by Gasteiger charge is -2.47. The summed E-state index contributed by atoms with van der Waals surface area (Å²) in [6.45, 7) is 7.60. The Morgan fingerprint density at radius 3 is 2.78 bits per heavy atom. The number of amides is 2. The van der Waals surface area contributed by atoms with Gasteiger partial charge in [-0.2, -0.15) is 0 Å². The Morgan fingerprint density at radius 2 is 2.13 bits per heavy atom. The van der Waals surface area contributed by atoms with Crippen molar-refractivity contribution < 1.29 is 14.3 Å². The number of carbonyl (C=O) groups excluding carboxylic acids is 2. The van der Waals surface area contributed by atoms with E-state index in [1.165, 1.54) is 0 Å². The maximum absolute atomic E-state index is 12.5. The Bertz CT molecular complexity index is 440. The van der Waals surface area contributed by atoms with Crippen LogP contribution in [0.3, 0.4) is 0 Å². The molecule has 3 rings (SSSR count). The van der Waals surface area contributed by atoms with E-state index in [1.807, 2.05) is 9.80 Å². The molecular formula is C17H29N3O3. The number of ether oxygens (including phenoxy) is 1. The van der Waals surface area contributed by atoms with Crippen molar-refractivity contribution in [3.63, 3.8) is 0 Å². The van der Waals surface area contributed by atoms with Crippen LogP contribution in [-0.2, 0) is 14.3 Å². The van der Waals surface area contributed by atoms with E-state index in [9.17, 15) is 9.59 Å². The Labute approximate surface area is 138 Å². The molecule has 3 aliphatic heterocycles. The average molecular weight is 323 g/mol. The number of nitrogens with one attached hydrogen (secondary N) is 1. The molecule has 3 fully saturated rings. The molecule has 3 saturated heterocycles. The maximum atomic E-state index is 12.5. The summed E-state index contributed by atoms with van der Waals surface area (Å²) >= 11 is 0. The van der Waals surface area contributed by atoms with Crippen molar-refractivity contribution in [2.24, 2.45) is 5.41 Å². The fourth-order valence-corrected chi connectivity index (χ4v) is 4.12. The highest BCUT2D eigenvalue weighted by atomic mass is 16.5. The predicted octanol–water partition coefficient (Wildman–Crippen LogP) is 0.616. The molecule has 6 nitrogen and oxygen atoms in total. The standard InChI is InChI=1S/C17H29N3O3/c1-2-19-13-17(4-3-15(19)21)5-8-20(9-6-17)16(22)11-14-12-23-10-7-18-14/h14,18H,2-13H2,1H3/t14-/m1/s1. The van der Waals surface area contributed by atoms with Crippen LogP contribution >= 0.6 is 0 Å². The van der Waals surface area contributed by atoms with Gasteiger partial charge in [-0.15, -0.1) is 0 Å². The van der Waals surface area contributed by atoms with Gasteiger partial charge >= 0.3 is 0 Å². The summed E-state index contributed by atoms with van der Waals surface area (Å²) in [5.74, 6) is 0.530. The summed E-state index contributed by atoms with van der Waals surface area (Å²) in [5.41, 5.74) is 0.243. The van der Waals surface area contributed by atoms with E-state index >= 15 is 0 Å². The van der Waals surface area contributed by atoms with Gasteiger partial charge in [-0.05, 0) is 31.6 Å². The second-order valence-corrected chi connectivity index (χ2v) is 7.22. The first-order chi connectivity index (χ1) is 11.1. The maximum Gasteiger partial charge on any atom is 0.224 e. The molecule has 0 aromatic heterocycles. The molecule has 130 valence electrons. The van der Waals surface area contributed by atoms with Crippen molar-refractivity contribution in [3.8, 4) is 0 Å². The average Bonchev–Trinajstić information content (AvgIpc) is 2.59. The number of rotatable bonds is 3. The van der Waals surface area contributed by atoms with Gasteiger partial charge in [-0.1, -0.05) is 0 Å². The zero-order valence-corrected chi connectivity index (χ0v) is 14.2. The quantitative estimate of drug-likeness (QED) is 0.827. The van der Waals surface area contributed by atoms with Gasteiger partial charge in [0.05, 0.1) is 13.2 Å². The minimum absolute atomic E-state index is 0.162. The van der Waals surface area contributed by atoms with E-state index in [1.54, 1.807) is 0 Å². The lowest BCUT2D eigenvalue weighted by atomic mass is 9.72. The minimum Gasteiger partial charge on any atom is -0.378 e. The third-order valence-electron chi connectivity index (χ3n) is 5.73. The SMILES string of the molecule is CCN1CC2(CCC1=O)CCN(C(=O)C[C@@H]1COCCN1)CC2. The third-order valence-corrected chi connectivity index (χ3v) is 5.73. The summed E-state index contributed by atoms with van der Waals surface area (Å²) in [4.78, 5) is 28.4. The van der Waals surface area contributed by atoms with Crippen LogP contribution in [0.5, 0.6) is 0 Å². The van der Waals surface area contributed by atoms with Gasteiger partial charge in [0.25, 0.3) is 0 Å². The van der Waals surface area contributed by atoms with Crippen molar-refractivity contribution in [1.82, 2.24) is 15.1 Å². The Kier molecular flexibility index (Phi) is 5.21. The van der Waals surface area contributed by atoms with Gasteiger partial charge in [0.1, 0.15) is 0 Å². The first-order valence-corrected chi connectivity index (χ1v) is 8.98. The molecule has 0 radical (unpaired) electrons. The highest BCUT2D eigenvalue weighted by molar-refractivity contribution is 5.78. The number of nitrogens with zero attached hydrogens (tertiary/aromatic N) is 2. The fourth-order valence-electron chi connectivity index (χ4n) is 4.12. The highest BCUT2D eigenvalue weighted by Gasteiger charge is 2.41. The van der Waals surface area contributed by atoms with E-state index < -0.39 is 0 Å². The minimum atomic E-state index is 0.162. The molecule has 0 saturated carbocycles. The Morgan fingerprint density at radius 1 is 1.35 bits per heavy atom. The fraction of sp³-hybridized carbons (Fsp3) is 0.882. The van der Waals surface area contributed by atoms with Crippen molar-refractivity contribution in [2.45, 2.75) is 45.1 Å². The molecule has 0 aromatic rings. The zero-order valence-electron chi connectivity index (χ0n) is 14.2. The molecule has 6 heteroatoms. The summed E-state index contributed by atoms with van der Waals surface area (Å²) in [6.07, 6.45) is 4.24. The molecule has 3 aliphatic rings. The largest absolute Gasteiger partial charge is 0.378 e. The lowest BCUT2D eigenvalue weighted by molar-refractivity contribution is -0.142. The Hall–Kier alpha value is -1.14. The summed E-state index contributed by atoms with van der Waals surface area (Å²) in [5, 5.41) is 3.35. The van der Waals surface area contributed by atoms with E-state index in [-0.39, 0.29) is 17.4 Å². The van der Waals surface area contributed by atoms with Crippen LogP contribution in [-0.4, -0.2) is 73.6 Å². The monoisotopic (exact) mass is 323 g/mol. The van der Waals surface area contributed by atoms with Gasteiger partial charge in [0.15, 0.2) is 0 Å². The van der Waals surface area contributed by atoms with Gasteiger partial charge in [0, 0.05) is 51.6 Å². The summed E-state index contributed by atoms with van der Waals surface area (Å²) in [7, 11) is 0. The normalized spacial score (nSPS) is 28.2. The molecule has 0 unspecified atom stereocenters. The van der Waals surface area contributed by atoms with Crippen LogP contribution in [0.2, 0.25) is 0 Å². The molecule has 0 aromatic carbocycles. The van der Waals surface area contributed by atoms with Crippen molar-refractivity contribution in [1.29, 1.82) is 0 Å². The van der Waals surface area contributed by atoms with Crippen LogP contribution in [0, 0.1) is 5.41 Å². The van der Waals surface area contributed by atoms with Gasteiger partial charge < -0.3 is 19.9 Å². The number of likely N-dealkylation sites (tertiary alicyclic amines) is 2. The van der Waals surface area contributed by atoms with Crippen LogP contribution in [0.25, 0.3) is 0 Å². The van der Waals surface area contributed by atoms with Gasteiger partial charge in [-0.3, -0.25) is 9.59 Å². The van der Waals surface area contributed by atoms with Crippen LogP contribution in [0.15, 0.2) is 0 Å². The van der Waals surface area contributed by atoms with Crippen LogP contribution < -0.4 is 5.32 Å². The van der Waals surface area contributed by atoms with Crippen molar-refractivity contribution in [3.05, 3.63) is 0 Å². The molecule has 1 spiro atoms. The lowest BCUT2D eigenvalue weighted by Crippen LogP contribution is -2.53. The molecule has 0 aliphatic carbocycles. The van der Waals surface area contributed by atoms with Crippen LogP contribution in [0.4, 0.5) is 0 Å². The Balaban J connectivity index is 1.49. The zero-order chi connectivity index (χ0) is 16.3. The van der Waals surface area contributed by atoms with E-state index in [0.29, 0.717) is 25.4 Å². The van der Waals surface area contributed by atoms with E-state index in [4.69, 9.17) is 4.74 Å². The summed E-state index contributed by atoms with van der Waals surface area (Å²) < 4.78 is 5.42. The number of hydrogen-bond acceptors (Lipinski definition) is 4. The molecule has 2 amide bonds. The molecule has 3 heterocycles. The van der Waals surface area contributed by atoms with Crippen LogP contribution in [0.1, 0.15) is 39.0 Å². The highest BCUT2D eigenvalue weighted by Crippen LogP contribution is 2.40. The van der Waals surface area contributed by atoms with Gasteiger partial charge in [-0.25, -0.2) is 0 Å². The second-order valence-electron chi connectivity index (χ2n) is 7.22. The molecular weight excluding hydrogens is 294 g/mol. The summed E-state index contributed by atoms with van der Waals surface area (Å²) in [6, 6.07) is 0.162. The topological polar surface area (TPSA) is 61.9 Å². The molecule has 23 heavy (non-hydrogen) atoms. The predicted molar refractivity (Wildman–Crippen MR) is 87.0 cm³/mol. The first-order valence-electron chi connectivity index (χ1n) is 8.98. The number of carbonyl (C=O) groups is 2. The first kappa shape index (κ1) is 16.7. The molecule has 0 bridgehead atoms. The van der Waals surface area contributed by atoms with E-state index in [0.717, 1.165) is 58.6 Å².